The molecular weight excluding hydrogens is 438 g/mol. The normalized spacial score (nSPS) is 10.8. The minimum atomic E-state index is -0.458. The zero-order chi connectivity index (χ0) is 20.4. The molecule has 8 nitrogen and oxygen atoms in total. The number of hydrogen-bond acceptors (Lipinski definition) is 5. The van der Waals surface area contributed by atoms with Gasteiger partial charge in [0.1, 0.15) is 12.3 Å². The van der Waals surface area contributed by atoms with E-state index in [0.717, 1.165) is 14.7 Å². The van der Waals surface area contributed by atoms with E-state index in [0.29, 0.717) is 11.4 Å². The molecule has 2 aromatic carbocycles. The van der Waals surface area contributed by atoms with E-state index in [1.807, 2.05) is 25.1 Å². The van der Waals surface area contributed by atoms with Crippen LogP contribution >= 0.6 is 15.9 Å². The van der Waals surface area contributed by atoms with Crippen molar-refractivity contribution in [3.63, 3.8) is 0 Å². The van der Waals surface area contributed by atoms with Crippen LogP contribution in [0, 0.1) is 6.92 Å². The van der Waals surface area contributed by atoms with E-state index in [-0.39, 0.29) is 24.0 Å². The zero-order valence-corrected chi connectivity index (χ0v) is 17.0. The molecule has 0 fully saturated rings. The van der Waals surface area contributed by atoms with Crippen molar-refractivity contribution < 1.29 is 9.53 Å². The summed E-state index contributed by atoms with van der Waals surface area (Å²) in [6.45, 7) is 1.74. The van der Waals surface area contributed by atoms with Crippen LogP contribution in [-0.2, 0) is 11.3 Å². The van der Waals surface area contributed by atoms with E-state index < -0.39 is 5.69 Å². The van der Waals surface area contributed by atoms with Gasteiger partial charge in [-0.05, 0) is 37.3 Å². The van der Waals surface area contributed by atoms with Crippen LogP contribution in [0.15, 0.2) is 70.2 Å². The molecule has 1 amide bonds. The monoisotopic (exact) mass is 453 g/mol. The molecule has 0 atom stereocenters. The quantitative estimate of drug-likeness (QED) is 0.499. The Morgan fingerprint density at radius 3 is 2.76 bits per heavy atom. The molecule has 4 rings (SSSR count). The number of carbonyl (C=O) groups excluding carboxylic acids is 1. The first-order valence-corrected chi connectivity index (χ1v) is 9.53. The summed E-state index contributed by atoms with van der Waals surface area (Å²) in [6.07, 6.45) is 2.93. The maximum absolute atomic E-state index is 12.6. The van der Waals surface area contributed by atoms with E-state index in [9.17, 15) is 9.59 Å². The van der Waals surface area contributed by atoms with Crippen molar-refractivity contribution in [2.45, 2.75) is 13.5 Å². The Kier molecular flexibility index (Phi) is 5.13. The van der Waals surface area contributed by atoms with Gasteiger partial charge >= 0.3 is 5.69 Å². The SMILES string of the molecule is Cc1ccc(Oc2nccn3c(=O)n(CC(=O)Nc4cccc(Br)c4)nc23)cc1. The Bertz CT molecular complexity index is 1250. The van der Waals surface area contributed by atoms with Crippen LogP contribution in [-0.4, -0.2) is 25.1 Å². The Balaban J connectivity index is 1.59. The highest BCUT2D eigenvalue weighted by Crippen LogP contribution is 2.22. The van der Waals surface area contributed by atoms with Gasteiger partial charge in [-0.2, -0.15) is 0 Å². The van der Waals surface area contributed by atoms with Gasteiger partial charge < -0.3 is 10.1 Å². The third kappa shape index (κ3) is 4.19. The molecular formula is C20H16BrN5O3. The topological polar surface area (TPSA) is 90.5 Å². The van der Waals surface area contributed by atoms with Gasteiger partial charge in [0.2, 0.25) is 11.6 Å². The van der Waals surface area contributed by atoms with Gasteiger partial charge in [0.05, 0.1) is 0 Å². The number of rotatable bonds is 5. The molecule has 29 heavy (non-hydrogen) atoms. The first-order chi connectivity index (χ1) is 14.0. The number of ether oxygens (including phenoxy) is 1. The third-order valence-corrected chi connectivity index (χ3v) is 4.60. The number of nitrogens with one attached hydrogen (secondary N) is 1. The molecule has 9 heteroatoms. The van der Waals surface area contributed by atoms with Gasteiger partial charge in [-0.25, -0.2) is 18.9 Å². The number of benzene rings is 2. The smallest absolute Gasteiger partial charge is 0.351 e. The Hall–Kier alpha value is -3.46. The van der Waals surface area contributed by atoms with Gasteiger partial charge in [-0.3, -0.25) is 4.79 Å². The molecule has 0 aliphatic heterocycles. The van der Waals surface area contributed by atoms with Crippen molar-refractivity contribution in [3.05, 3.63) is 81.4 Å². The second-order valence-electron chi connectivity index (χ2n) is 6.34. The number of aryl methyl sites for hydroxylation is 1. The average molecular weight is 454 g/mol. The predicted molar refractivity (Wildman–Crippen MR) is 111 cm³/mol. The van der Waals surface area contributed by atoms with Crippen molar-refractivity contribution in [3.8, 4) is 11.6 Å². The van der Waals surface area contributed by atoms with E-state index in [4.69, 9.17) is 4.74 Å². The van der Waals surface area contributed by atoms with Crippen LogP contribution in [0.1, 0.15) is 5.56 Å². The number of fused-ring (bicyclic) bond motifs is 1. The molecule has 0 unspecified atom stereocenters. The Morgan fingerprint density at radius 2 is 2.00 bits per heavy atom. The van der Waals surface area contributed by atoms with E-state index in [1.165, 1.54) is 16.8 Å². The van der Waals surface area contributed by atoms with Crippen LogP contribution in [0.5, 0.6) is 11.6 Å². The van der Waals surface area contributed by atoms with Gasteiger partial charge in [0.25, 0.3) is 5.88 Å². The first-order valence-electron chi connectivity index (χ1n) is 8.74. The van der Waals surface area contributed by atoms with Gasteiger partial charge in [-0.1, -0.05) is 39.7 Å². The summed E-state index contributed by atoms with van der Waals surface area (Å²) in [6, 6.07) is 14.6. The number of hydrogen-bond donors (Lipinski definition) is 1. The molecule has 0 saturated heterocycles. The van der Waals surface area contributed by atoms with Crippen LogP contribution < -0.4 is 15.7 Å². The summed E-state index contributed by atoms with van der Waals surface area (Å²) in [7, 11) is 0. The molecule has 2 heterocycles. The second-order valence-corrected chi connectivity index (χ2v) is 7.26. The molecule has 146 valence electrons. The highest BCUT2D eigenvalue weighted by atomic mass is 79.9. The highest BCUT2D eigenvalue weighted by molar-refractivity contribution is 9.10. The number of anilines is 1. The van der Waals surface area contributed by atoms with Crippen molar-refractivity contribution in [2.75, 3.05) is 5.32 Å². The standard InChI is InChI=1S/C20H16BrN5O3/c1-13-5-7-16(8-6-13)29-19-18-24-26(20(28)25(18)10-9-22-19)12-17(27)23-15-4-2-3-14(21)11-15/h2-11H,12H2,1H3,(H,23,27). The molecule has 2 aromatic heterocycles. The molecule has 0 spiro atoms. The van der Waals surface area contributed by atoms with Crippen molar-refractivity contribution in [1.82, 2.24) is 19.2 Å². The van der Waals surface area contributed by atoms with Gasteiger partial charge in [0, 0.05) is 22.6 Å². The molecule has 0 aliphatic rings. The number of carbonyl (C=O) groups is 1. The number of aromatic nitrogens is 4. The molecule has 0 aliphatic carbocycles. The molecule has 0 saturated carbocycles. The van der Waals surface area contributed by atoms with Crippen LogP contribution in [0.4, 0.5) is 5.69 Å². The van der Waals surface area contributed by atoms with Crippen molar-refractivity contribution in [1.29, 1.82) is 0 Å². The van der Waals surface area contributed by atoms with Crippen LogP contribution in [0.25, 0.3) is 5.65 Å². The van der Waals surface area contributed by atoms with Crippen LogP contribution in [0.3, 0.4) is 0 Å². The number of halogens is 1. The lowest BCUT2D eigenvalue weighted by Crippen LogP contribution is -2.28. The predicted octanol–water partition coefficient (Wildman–Crippen LogP) is 3.39. The maximum Gasteiger partial charge on any atom is 0.351 e. The summed E-state index contributed by atoms with van der Waals surface area (Å²) in [5.74, 6) is 0.382. The van der Waals surface area contributed by atoms with Crippen molar-refractivity contribution >= 4 is 33.2 Å². The minimum absolute atomic E-state index is 0.180. The largest absolute Gasteiger partial charge is 0.436 e. The Morgan fingerprint density at radius 1 is 1.21 bits per heavy atom. The van der Waals surface area contributed by atoms with Crippen molar-refractivity contribution in [2.24, 2.45) is 0 Å². The molecule has 0 radical (unpaired) electrons. The molecule has 1 N–H and O–H groups in total. The fraction of sp³-hybridized carbons (Fsp3) is 0.100. The second kappa shape index (κ2) is 7.88. The maximum atomic E-state index is 12.6. The van der Waals surface area contributed by atoms with E-state index >= 15 is 0 Å². The minimum Gasteiger partial charge on any atom is -0.436 e. The molecule has 4 aromatic rings. The van der Waals surface area contributed by atoms with E-state index in [2.05, 4.69) is 31.3 Å². The summed E-state index contributed by atoms with van der Waals surface area (Å²) in [4.78, 5) is 29.1. The lowest BCUT2D eigenvalue weighted by atomic mass is 10.2. The molecule has 0 bridgehead atoms. The lowest BCUT2D eigenvalue weighted by Gasteiger charge is -2.05. The average Bonchev–Trinajstić information content (AvgIpc) is 3.00. The van der Waals surface area contributed by atoms with Gasteiger partial charge in [-0.15, -0.1) is 5.10 Å². The number of nitrogens with zero attached hydrogens (tertiary/aromatic N) is 4. The summed E-state index contributed by atoms with van der Waals surface area (Å²) in [5.41, 5.74) is 1.49. The Labute approximate surface area is 173 Å². The lowest BCUT2D eigenvalue weighted by molar-refractivity contribution is -0.117. The first kappa shape index (κ1) is 18.9. The third-order valence-electron chi connectivity index (χ3n) is 4.11. The zero-order valence-electron chi connectivity index (χ0n) is 15.4. The fourth-order valence-electron chi connectivity index (χ4n) is 2.72. The fourth-order valence-corrected chi connectivity index (χ4v) is 3.12. The van der Waals surface area contributed by atoms with Gasteiger partial charge in [0.15, 0.2) is 0 Å². The highest BCUT2D eigenvalue weighted by Gasteiger charge is 2.15. The number of amides is 1. The summed E-state index contributed by atoms with van der Waals surface area (Å²) < 4.78 is 8.98. The van der Waals surface area contributed by atoms with Crippen LogP contribution in [0.2, 0.25) is 0 Å². The summed E-state index contributed by atoms with van der Waals surface area (Å²) in [5, 5.41) is 6.97. The van der Waals surface area contributed by atoms with E-state index in [1.54, 1.807) is 30.3 Å². The summed E-state index contributed by atoms with van der Waals surface area (Å²) >= 11 is 3.35.